The summed E-state index contributed by atoms with van der Waals surface area (Å²) < 4.78 is 0. The highest BCUT2D eigenvalue weighted by Gasteiger charge is 2.64. The van der Waals surface area contributed by atoms with Gasteiger partial charge in [-0.1, -0.05) is 25.7 Å². The van der Waals surface area contributed by atoms with Crippen LogP contribution >= 0.6 is 0 Å². The lowest BCUT2D eigenvalue weighted by molar-refractivity contribution is -0.0128. The van der Waals surface area contributed by atoms with Crippen LogP contribution in [-0.2, 0) is 0 Å². The molecule has 6 aliphatic heterocycles. The van der Waals surface area contributed by atoms with Crippen molar-refractivity contribution in [3.63, 3.8) is 0 Å². The standard InChI is InChI=1S/C34H58N6/c1-3-11-27-23(7-1)33-29(39(27)31-19-35-17-25-21(31)9-5-15-37-25)13-14-30-34(33)24-8-2-4-12-28(24)40(30)32-20-36-18-26-22(32)10-6-16-38-26/h21-38H,1-20H2. The zero-order chi connectivity index (χ0) is 26.2. The van der Waals surface area contributed by atoms with E-state index in [0.717, 1.165) is 71.8 Å². The van der Waals surface area contributed by atoms with Crippen molar-refractivity contribution in [1.29, 1.82) is 0 Å². The highest BCUT2D eigenvalue weighted by atomic mass is 15.3. The van der Waals surface area contributed by atoms with Crippen LogP contribution in [0, 0.1) is 35.5 Å². The summed E-state index contributed by atoms with van der Waals surface area (Å²) in [5.74, 6) is 5.68. The molecule has 224 valence electrons. The molecule has 6 nitrogen and oxygen atoms in total. The maximum atomic E-state index is 3.95. The Hall–Kier alpha value is -0.240. The third-order valence-electron chi connectivity index (χ3n) is 14.6. The van der Waals surface area contributed by atoms with Gasteiger partial charge in [-0.25, -0.2) is 0 Å². The fraction of sp³-hybridized carbons (Fsp3) is 1.00. The molecule has 9 fully saturated rings. The van der Waals surface area contributed by atoms with Gasteiger partial charge >= 0.3 is 0 Å². The zero-order valence-electron chi connectivity index (χ0n) is 25.1. The van der Waals surface area contributed by atoms with Gasteiger partial charge in [0.15, 0.2) is 0 Å². The van der Waals surface area contributed by atoms with Gasteiger partial charge in [0.25, 0.3) is 0 Å². The van der Waals surface area contributed by atoms with Crippen LogP contribution in [0.25, 0.3) is 0 Å². The molecule has 0 aromatic rings. The van der Waals surface area contributed by atoms with Crippen molar-refractivity contribution in [2.75, 3.05) is 39.3 Å². The van der Waals surface area contributed by atoms with Crippen molar-refractivity contribution in [3.8, 4) is 0 Å². The number of hydrogen-bond donors (Lipinski definition) is 4. The third kappa shape index (κ3) is 4.01. The maximum Gasteiger partial charge on any atom is 0.0270 e. The van der Waals surface area contributed by atoms with Crippen molar-refractivity contribution in [2.24, 2.45) is 35.5 Å². The van der Waals surface area contributed by atoms with E-state index in [1.54, 1.807) is 0 Å². The summed E-state index contributed by atoms with van der Waals surface area (Å²) in [4.78, 5) is 6.57. The first-order chi connectivity index (χ1) is 19.9. The predicted molar refractivity (Wildman–Crippen MR) is 161 cm³/mol. The summed E-state index contributed by atoms with van der Waals surface area (Å²) in [5, 5.41) is 15.8. The van der Waals surface area contributed by atoms with Crippen LogP contribution in [0.2, 0.25) is 0 Å². The number of fused-ring (bicyclic) bond motifs is 9. The van der Waals surface area contributed by atoms with E-state index in [4.69, 9.17) is 0 Å². The summed E-state index contributed by atoms with van der Waals surface area (Å²) in [6.07, 6.45) is 20.7. The van der Waals surface area contributed by atoms with Gasteiger partial charge in [-0.3, -0.25) is 9.80 Å². The van der Waals surface area contributed by atoms with Crippen molar-refractivity contribution in [3.05, 3.63) is 0 Å². The van der Waals surface area contributed by atoms with Gasteiger partial charge in [-0.05, 0) is 113 Å². The second kappa shape index (κ2) is 10.7. The maximum absolute atomic E-state index is 3.95. The molecule has 0 spiro atoms. The number of nitrogens with zero attached hydrogens (tertiary/aromatic N) is 2. The molecule has 40 heavy (non-hydrogen) atoms. The topological polar surface area (TPSA) is 54.6 Å². The van der Waals surface area contributed by atoms with E-state index in [1.807, 2.05) is 0 Å². The minimum absolute atomic E-state index is 0.713. The van der Waals surface area contributed by atoms with Crippen molar-refractivity contribution in [1.82, 2.24) is 31.1 Å². The van der Waals surface area contributed by atoms with E-state index in [1.165, 1.54) is 129 Å². The molecular weight excluding hydrogens is 492 g/mol. The lowest BCUT2D eigenvalue weighted by Crippen LogP contribution is -2.66. The first-order valence-electron chi connectivity index (χ1n) is 18.3. The van der Waals surface area contributed by atoms with Crippen LogP contribution in [0.3, 0.4) is 0 Å². The second-order valence-corrected chi connectivity index (χ2v) is 16.0. The molecule has 0 aromatic carbocycles. The molecular formula is C34H58N6. The van der Waals surface area contributed by atoms with Gasteiger partial charge in [0.05, 0.1) is 0 Å². The molecule has 9 rings (SSSR count). The average Bonchev–Trinajstić information content (AvgIpc) is 3.53. The number of piperidine rings is 4. The normalized spacial score (nSPS) is 54.9. The highest BCUT2D eigenvalue weighted by molar-refractivity contribution is 5.18. The minimum atomic E-state index is 0.713. The van der Waals surface area contributed by atoms with Gasteiger partial charge in [-0.15, -0.1) is 0 Å². The van der Waals surface area contributed by atoms with Crippen LogP contribution in [-0.4, -0.2) is 97.4 Å². The van der Waals surface area contributed by atoms with E-state index < -0.39 is 0 Å². The summed E-state index contributed by atoms with van der Waals surface area (Å²) in [6, 6.07) is 6.50. The smallest absolute Gasteiger partial charge is 0.0270 e. The van der Waals surface area contributed by atoms with Crippen LogP contribution < -0.4 is 21.3 Å². The summed E-state index contributed by atoms with van der Waals surface area (Å²) in [7, 11) is 0. The molecule has 6 heterocycles. The summed E-state index contributed by atoms with van der Waals surface area (Å²) in [5.41, 5.74) is 0. The van der Waals surface area contributed by atoms with Gasteiger partial charge in [0, 0.05) is 74.5 Å². The predicted octanol–water partition coefficient (Wildman–Crippen LogP) is 3.18. The Kier molecular flexibility index (Phi) is 7.03. The molecule has 3 aliphatic carbocycles. The van der Waals surface area contributed by atoms with Gasteiger partial charge in [0.1, 0.15) is 0 Å². The minimum Gasteiger partial charge on any atom is -0.314 e. The molecule has 4 N–H and O–H groups in total. The SMILES string of the molecule is C1CNC2CNCC(N3C4CCCCC4C4C5C6CCCCC6N(C6CNCC7NCCCC76)C5CCC43)C2C1. The molecule has 6 heteroatoms. The molecule has 0 aromatic heterocycles. The van der Waals surface area contributed by atoms with Gasteiger partial charge in [-0.2, -0.15) is 0 Å². The second-order valence-electron chi connectivity index (χ2n) is 16.0. The average molecular weight is 551 g/mol. The lowest BCUT2D eigenvalue weighted by Gasteiger charge is -2.52. The van der Waals surface area contributed by atoms with E-state index in [2.05, 4.69) is 31.1 Å². The van der Waals surface area contributed by atoms with Gasteiger partial charge in [0.2, 0.25) is 0 Å². The third-order valence-corrected chi connectivity index (χ3v) is 14.6. The number of nitrogens with one attached hydrogen (secondary N) is 4. The summed E-state index contributed by atoms with van der Waals surface area (Å²) >= 11 is 0. The van der Waals surface area contributed by atoms with Crippen LogP contribution in [0.5, 0.6) is 0 Å². The van der Waals surface area contributed by atoms with Gasteiger partial charge < -0.3 is 21.3 Å². The molecule has 0 bridgehead atoms. The Morgan fingerprint density at radius 3 is 1.32 bits per heavy atom. The Labute approximate surface area is 243 Å². The Bertz CT molecular complexity index is 837. The Balaban J connectivity index is 1.06. The monoisotopic (exact) mass is 550 g/mol. The number of likely N-dealkylation sites (tertiary alicyclic amines) is 2. The first kappa shape index (κ1) is 26.2. The zero-order valence-corrected chi connectivity index (χ0v) is 25.1. The first-order valence-corrected chi connectivity index (χ1v) is 18.3. The Morgan fingerprint density at radius 1 is 0.375 bits per heavy atom. The lowest BCUT2D eigenvalue weighted by atomic mass is 9.61. The summed E-state index contributed by atoms with van der Waals surface area (Å²) in [6.45, 7) is 7.39. The number of rotatable bonds is 2. The van der Waals surface area contributed by atoms with E-state index in [9.17, 15) is 0 Å². The highest BCUT2D eigenvalue weighted by Crippen LogP contribution is 2.61. The van der Waals surface area contributed by atoms with E-state index in [0.29, 0.717) is 12.1 Å². The Morgan fingerprint density at radius 2 is 0.825 bits per heavy atom. The van der Waals surface area contributed by atoms with Crippen LogP contribution in [0.4, 0.5) is 0 Å². The molecule has 0 amide bonds. The molecule has 3 saturated carbocycles. The fourth-order valence-corrected chi connectivity index (χ4v) is 13.5. The molecule has 0 radical (unpaired) electrons. The number of hydrogen-bond acceptors (Lipinski definition) is 6. The molecule has 6 saturated heterocycles. The quantitative estimate of drug-likeness (QED) is 0.424. The molecule has 14 atom stereocenters. The van der Waals surface area contributed by atoms with Crippen molar-refractivity contribution >= 4 is 0 Å². The van der Waals surface area contributed by atoms with E-state index in [-0.39, 0.29) is 0 Å². The van der Waals surface area contributed by atoms with Crippen LogP contribution in [0.15, 0.2) is 0 Å². The van der Waals surface area contributed by atoms with Crippen molar-refractivity contribution in [2.45, 2.75) is 138 Å². The molecule has 14 unspecified atom stereocenters. The largest absolute Gasteiger partial charge is 0.314 e. The van der Waals surface area contributed by atoms with E-state index >= 15 is 0 Å². The molecule has 9 aliphatic rings. The fourth-order valence-electron chi connectivity index (χ4n) is 13.5. The van der Waals surface area contributed by atoms with Crippen LogP contribution in [0.1, 0.15) is 89.9 Å². The van der Waals surface area contributed by atoms with Crippen molar-refractivity contribution < 1.29 is 0 Å².